The molecule has 0 saturated carbocycles. The van der Waals surface area contributed by atoms with E-state index in [0.717, 1.165) is 29.6 Å². The summed E-state index contributed by atoms with van der Waals surface area (Å²) in [5, 5.41) is 4.17. The Morgan fingerprint density at radius 3 is 2.50 bits per heavy atom. The molecule has 1 rings (SSSR count). The van der Waals surface area contributed by atoms with E-state index in [4.69, 9.17) is 16.6 Å². The van der Waals surface area contributed by atoms with Gasteiger partial charge in [-0.15, -0.1) is 0 Å². The first-order valence-corrected chi connectivity index (χ1v) is 7.90. The molecule has 114 valence electrons. The van der Waals surface area contributed by atoms with Crippen LogP contribution in [0.2, 0.25) is 5.02 Å². The molecule has 0 amide bonds. The predicted octanol–water partition coefficient (Wildman–Crippen LogP) is 4.25. The van der Waals surface area contributed by atoms with E-state index in [1.165, 1.54) is 12.8 Å². The largest absolute Gasteiger partial charge is 0.357 e. The summed E-state index contributed by atoms with van der Waals surface area (Å²) in [6.45, 7) is 13.5. The molecule has 0 spiro atoms. The van der Waals surface area contributed by atoms with Crippen molar-refractivity contribution in [1.29, 1.82) is 0 Å². The van der Waals surface area contributed by atoms with Crippen LogP contribution in [0.25, 0.3) is 0 Å². The molecule has 0 atom stereocenters. The van der Waals surface area contributed by atoms with Crippen LogP contribution in [0.5, 0.6) is 0 Å². The van der Waals surface area contributed by atoms with Gasteiger partial charge in [0.25, 0.3) is 0 Å². The Morgan fingerprint density at radius 2 is 1.95 bits per heavy atom. The van der Waals surface area contributed by atoms with Crippen LogP contribution in [0.15, 0.2) is 12.1 Å². The van der Waals surface area contributed by atoms with E-state index in [9.17, 15) is 0 Å². The third kappa shape index (κ3) is 5.68. The van der Waals surface area contributed by atoms with Crippen molar-refractivity contribution in [2.45, 2.75) is 59.5 Å². The number of hydrogen-bond donors (Lipinski definition) is 1. The van der Waals surface area contributed by atoms with Gasteiger partial charge < -0.3 is 10.2 Å². The number of unbranched alkanes of at least 4 members (excludes halogenated alkanes) is 1. The smallest absolute Gasteiger partial charge is 0.128 e. The molecule has 1 aromatic heterocycles. The van der Waals surface area contributed by atoms with E-state index >= 15 is 0 Å². The molecule has 3 nitrogen and oxygen atoms in total. The number of rotatable bonds is 7. The van der Waals surface area contributed by atoms with Gasteiger partial charge in [-0.1, -0.05) is 24.9 Å². The average Bonchev–Trinajstić information content (AvgIpc) is 2.38. The molecule has 0 aliphatic carbocycles. The highest BCUT2D eigenvalue weighted by molar-refractivity contribution is 6.31. The zero-order chi connectivity index (χ0) is 15.2. The van der Waals surface area contributed by atoms with Gasteiger partial charge in [-0.3, -0.25) is 0 Å². The summed E-state index contributed by atoms with van der Waals surface area (Å²) in [7, 11) is 0. The molecule has 1 aromatic rings. The third-order valence-electron chi connectivity index (χ3n) is 3.18. The highest BCUT2D eigenvalue weighted by atomic mass is 35.5. The summed E-state index contributed by atoms with van der Waals surface area (Å²) in [5.74, 6) is 1.02. The van der Waals surface area contributed by atoms with Crippen LogP contribution in [0.1, 0.15) is 53.2 Å². The van der Waals surface area contributed by atoms with Crippen molar-refractivity contribution < 1.29 is 0 Å². The number of halogens is 1. The minimum atomic E-state index is 0.0632. The maximum atomic E-state index is 6.26. The van der Waals surface area contributed by atoms with Crippen molar-refractivity contribution in [3.8, 4) is 0 Å². The van der Waals surface area contributed by atoms with Gasteiger partial charge >= 0.3 is 0 Å². The molecule has 0 radical (unpaired) electrons. The third-order valence-corrected chi connectivity index (χ3v) is 3.52. The number of nitrogens with one attached hydrogen (secondary N) is 1. The van der Waals surface area contributed by atoms with E-state index < -0.39 is 0 Å². The van der Waals surface area contributed by atoms with Crippen LogP contribution in [-0.2, 0) is 6.54 Å². The van der Waals surface area contributed by atoms with Gasteiger partial charge in [0.05, 0.1) is 10.7 Å². The number of aromatic nitrogens is 1. The lowest BCUT2D eigenvalue weighted by Gasteiger charge is -2.24. The van der Waals surface area contributed by atoms with Crippen molar-refractivity contribution in [2.75, 3.05) is 18.0 Å². The normalized spacial score (nSPS) is 11.7. The highest BCUT2D eigenvalue weighted by Gasteiger charge is 2.13. The SMILES string of the molecule is CCCCN(CC)c1ccc(Cl)c(CNC(C)(C)C)n1. The lowest BCUT2D eigenvalue weighted by atomic mass is 10.1. The van der Waals surface area contributed by atoms with Gasteiger partial charge in [0.15, 0.2) is 0 Å². The second-order valence-electron chi connectivity index (χ2n) is 6.13. The first kappa shape index (κ1) is 17.3. The van der Waals surface area contributed by atoms with Crippen molar-refractivity contribution in [1.82, 2.24) is 10.3 Å². The van der Waals surface area contributed by atoms with Gasteiger partial charge in [0.1, 0.15) is 5.82 Å². The van der Waals surface area contributed by atoms with Gasteiger partial charge in [-0.05, 0) is 46.2 Å². The van der Waals surface area contributed by atoms with Gasteiger partial charge in [-0.2, -0.15) is 0 Å². The second-order valence-corrected chi connectivity index (χ2v) is 6.54. The van der Waals surface area contributed by atoms with Crippen molar-refractivity contribution in [2.24, 2.45) is 0 Å². The standard InChI is InChI=1S/C16H28ClN3/c1-6-8-11-20(7-2)15-10-9-13(17)14(19-15)12-18-16(3,4)5/h9-10,18H,6-8,11-12H2,1-5H3. The Morgan fingerprint density at radius 1 is 1.25 bits per heavy atom. The molecule has 4 heteroatoms. The number of nitrogens with zero attached hydrogens (tertiary/aromatic N) is 2. The summed E-state index contributed by atoms with van der Waals surface area (Å²) >= 11 is 6.26. The lowest BCUT2D eigenvalue weighted by molar-refractivity contribution is 0.421. The van der Waals surface area contributed by atoms with Crippen LogP contribution in [-0.4, -0.2) is 23.6 Å². The quantitative estimate of drug-likeness (QED) is 0.815. The molecular formula is C16H28ClN3. The monoisotopic (exact) mass is 297 g/mol. The number of hydrogen-bond acceptors (Lipinski definition) is 3. The lowest BCUT2D eigenvalue weighted by Crippen LogP contribution is -2.35. The zero-order valence-corrected chi connectivity index (χ0v) is 14.2. The van der Waals surface area contributed by atoms with Crippen molar-refractivity contribution in [3.05, 3.63) is 22.8 Å². The fourth-order valence-corrected chi connectivity index (χ4v) is 2.08. The summed E-state index contributed by atoms with van der Waals surface area (Å²) in [5.41, 5.74) is 0.988. The number of pyridine rings is 1. The van der Waals surface area contributed by atoms with Crippen LogP contribution in [0.3, 0.4) is 0 Å². The topological polar surface area (TPSA) is 28.2 Å². The Balaban J connectivity index is 2.83. The fraction of sp³-hybridized carbons (Fsp3) is 0.688. The zero-order valence-electron chi connectivity index (χ0n) is 13.5. The molecule has 0 saturated heterocycles. The van der Waals surface area contributed by atoms with Crippen LogP contribution < -0.4 is 10.2 Å². The van der Waals surface area contributed by atoms with E-state index in [2.05, 4.69) is 44.8 Å². The molecule has 0 unspecified atom stereocenters. The summed E-state index contributed by atoms with van der Waals surface area (Å²) < 4.78 is 0. The molecule has 0 aliphatic rings. The maximum Gasteiger partial charge on any atom is 0.128 e. The van der Waals surface area contributed by atoms with E-state index in [0.29, 0.717) is 6.54 Å². The van der Waals surface area contributed by atoms with Crippen LogP contribution in [0.4, 0.5) is 5.82 Å². The van der Waals surface area contributed by atoms with E-state index in [1.807, 2.05) is 12.1 Å². The van der Waals surface area contributed by atoms with Gasteiger partial charge in [0.2, 0.25) is 0 Å². The van der Waals surface area contributed by atoms with Crippen molar-refractivity contribution >= 4 is 17.4 Å². The average molecular weight is 298 g/mol. The minimum absolute atomic E-state index is 0.0632. The summed E-state index contributed by atoms with van der Waals surface area (Å²) in [6, 6.07) is 3.97. The number of anilines is 1. The molecule has 1 N–H and O–H groups in total. The van der Waals surface area contributed by atoms with Crippen LogP contribution in [0, 0.1) is 0 Å². The molecule has 0 bridgehead atoms. The highest BCUT2D eigenvalue weighted by Crippen LogP contribution is 2.20. The molecule has 0 aliphatic heterocycles. The first-order chi connectivity index (χ1) is 9.37. The minimum Gasteiger partial charge on any atom is -0.357 e. The Bertz CT molecular complexity index is 413. The molecule has 20 heavy (non-hydrogen) atoms. The first-order valence-electron chi connectivity index (χ1n) is 7.52. The van der Waals surface area contributed by atoms with Crippen molar-refractivity contribution in [3.63, 3.8) is 0 Å². The second kappa shape index (κ2) is 7.84. The van der Waals surface area contributed by atoms with E-state index in [-0.39, 0.29) is 5.54 Å². The summed E-state index contributed by atoms with van der Waals surface area (Å²) in [4.78, 5) is 7.04. The summed E-state index contributed by atoms with van der Waals surface area (Å²) in [6.07, 6.45) is 2.39. The van der Waals surface area contributed by atoms with E-state index in [1.54, 1.807) is 0 Å². The van der Waals surface area contributed by atoms with Crippen LogP contribution >= 0.6 is 11.6 Å². The maximum absolute atomic E-state index is 6.26. The Labute approximate surface area is 128 Å². The van der Waals surface area contributed by atoms with Gasteiger partial charge in [-0.25, -0.2) is 4.98 Å². The van der Waals surface area contributed by atoms with Gasteiger partial charge in [0, 0.05) is 25.2 Å². The fourth-order valence-electron chi connectivity index (χ4n) is 1.91. The molecular weight excluding hydrogens is 270 g/mol. The molecule has 0 aromatic carbocycles. The Kier molecular flexibility index (Phi) is 6.77. The predicted molar refractivity (Wildman–Crippen MR) is 88.6 cm³/mol. The molecule has 0 fully saturated rings. The molecule has 1 heterocycles. The Hall–Kier alpha value is -0.800.